The third-order valence-corrected chi connectivity index (χ3v) is 3.18. The number of fused-ring (bicyclic) bond motifs is 1. The Labute approximate surface area is 107 Å². The summed E-state index contributed by atoms with van der Waals surface area (Å²) in [5.41, 5.74) is 0.945. The Morgan fingerprint density at radius 3 is 3.00 bits per heavy atom. The van der Waals surface area contributed by atoms with Gasteiger partial charge in [-0.25, -0.2) is 4.39 Å². The summed E-state index contributed by atoms with van der Waals surface area (Å²) in [6, 6.07) is 4.67. The summed E-state index contributed by atoms with van der Waals surface area (Å²) in [6.45, 7) is 4.67. The summed E-state index contributed by atoms with van der Waals surface area (Å²) in [4.78, 5) is 2.19. The summed E-state index contributed by atoms with van der Waals surface area (Å²) in [6.07, 6.45) is 1.87. The van der Waals surface area contributed by atoms with Crippen molar-refractivity contribution in [3.8, 4) is 5.75 Å². The summed E-state index contributed by atoms with van der Waals surface area (Å²) in [7, 11) is 0. The number of nitrogens with zero attached hydrogens (tertiary/aromatic N) is 1. The van der Waals surface area contributed by atoms with Crippen molar-refractivity contribution >= 4 is 0 Å². The van der Waals surface area contributed by atoms with Crippen molar-refractivity contribution in [1.29, 1.82) is 0 Å². The molecule has 1 N–H and O–H groups in total. The summed E-state index contributed by atoms with van der Waals surface area (Å²) in [5.74, 6) is 0.584. The average Bonchev–Trinajstić information content (AvgIpc) is 2.71. The molecule has 1 aromatic rings. The largest absolute Gasteiger partial charge is 0.488 e. The molecule has 0 spiro atoms. The summed E-state index contributed by atoms with van der Waals surface area (Å²) < 4.78 is 18.9. The van der Waals surface area contributed by atoms with Crippen LogP contribution in [0.5, 0.6) is 5.75 Å². The molecule has 100 valence electrons. The van der Waals surface area contributed by atoms with Gasteiger partial charge in [-0.2, -0.15) is 0 Å². The van der Waals surface area contributed by atoms with Gasteiger partial charge in [0.15, 0.2) is 0 Å². The number of benzene rings is 1. The Bertz CT molecular complexity index is 391. The van der Waals surface area contributed by atoms with Crippen molar-refractivity contribution in [1.82, 2.24) is 4.90 Å². The fourth-order valence-electron chi connectivity index (χ4n) is 2.43. The fourth-order valence-corrected chi connectivity index (χ4v) is 2.43. The zero-order valence-corrected chi connectivity index (χ0v) is 10.7. The molecule has 2 rings (SSSR count). The van der Waals surface area contributed by atoms with Crippen LogP contribution in [-0.2, 0) is 6.42 Å². The van der Waals surface area contributed by atoms with E-state index in [0.717, 1.165) is 37.2 Å². The molecule has 18 heavy (non-hydrogen) atoms. The Balaban J connectivity index is 1.93. The van der Waals surface area contributed by atoms with Gasteiger partial charge in [0.2, 0.25) is 0 Å². The molecular formula is C14H20FNO2. The molecule has 1 unspecified atom stereocenters. The van der Waals surface area contributed by atoms with Gasteiger partial charge in [-0.3, -0.25) is 4.90 Å². The topological polar surface area (TPSA) is 32.7 Å². The maximum Gasteiger partial charge on any atom is 0.123 e. The molecule has 0 saturated heterocycles. The summed E-state index contributed by atoms with van der Waals surface area (Å²) >= 11 is 0. The van der Waals surface area contributed by atoms with E-state index in [-0.39, 0.29) is 18.5 Å². The van der Waals surface area contributed by atoms with E-state index < -0.39 is 0 Å². The highest BCUT2D eigenvalue weighted by Gasteiger charge is 2.24. The van der Waals surface area contributed by atoms with E-state index in [1.54, 1.807) is 12.1 Å². The standard InChI is InChI=1S/C14H20FNO2/c1-2-5-16(6-7-17)10-13-9-11-8-12(15)3-4-14(11)18-13/h3-4,8,13,17H,2,5-7,9-10H2,1H3. The van der Waals surface area contributed by atoms with E-state index in [0.29, 0.717) is 6.54 Å². The predicted octanol–water partition coefficient (Wildman–Crippen LogP) is 1.83. The maximum absolute atomic E-state index is 13.1. The van der Waals surface area contributed by atoms with Crippen LogP contribution in [0.2, 0.25) is 0 Å². The second-order valence-electron chi connectivity index (χ2n) is 4.72. The molecule has 0 saturated carbocycles. The summed E-state index contributed by atoms with van der Waals surface area (Å²) in [5, 5.41) is 9.02. The van der Waals surface area contributed by atoms with Crippen molar-refractivity contribution in [2.45, 2.75) is 25.9 Å². The Kier molecular flexibility index (Phi) is 4.55. The molecule has 0 bridgehead atoms. The van der Waals surface area contributed by atoms with Gasteiger partial charge < -0.3 is 9.84 Å². The number of aliphatic hydroxyl groups is 1. The lowest BCUT2D eigenvalue weighted by atomic mass is 10.1. The molecular weight excluding hydrogens is 233 g/mol. The Morgan fingerprint density at radius 2 is 2.28 bits per heavy atom. The van der Waals surface area contributed by atoms with Crippen LogP contribution < -0.4 is 4.74 Å². The van der Waals surface area contributed by atoms with Gasteiger partial charge in [0.1, 0.15) is 17.7 Å². The second-order valence-corrected chi connectivity index (χ2v) is 4.72. The highest BCUT2D eigenvalue weighted by Crippen LogP contribution is 2.29. The first-order valence-electron chi connectivity index (χ1n) is 6.51. The van der Waals surface area contributed by atoms with Crippen molar-refractivity contribution in [3.63, 3.8) is 0 Å². The van der Waals surface area contributed by atoms with Gasteiger partial charge in [0.25, 0.3) is 0 Å². The molecule has 4 heteroatoms. The number of rotatable bonds is 6. The maximum atomic E-state index is 13.1. The quantitative estimate of drug-likeness (QED) is 0.839. The molecule has 0 aliphatic carbocycles. The number of ether oxygens (including phenoxy) is 1. The first-order valence-corrected chi connectivity index (χ1v) is 6.51. The zero-order valence-electron chi connectivity index (χ0n) is 10.7. The zero-order chi connectivity index (χ0) is 13.0. The average molecular weight is 253 g/mol. The van der Waals surface area contributed by atoms with Crippen LogP contribution in [0, 0.1) is 5.82 Å². The van der Waals surface area contributed by atoms with Gasteiger partial charge >= 0.3 is 0 Å². The van der Waals surface area contributed by atoms with Crippen LogP contribution >= 0.6 is 0 Å². The van der Waals surface area contributed by atoms with Crippen molar-refractivity contribution in [3.05, 3.63) is 29.6 Å². The molecule has 0 aromatic heterocycles. The van der Waals surface area contributed by atoms with Gasteiger partial charge in [0.05, 0.1) is 6.61 Å². The third kappa shape index (κ3) is 3.21. The van der Waals surface area contributed by atoms with Crippen LogP contribution in [0.15, 0.2) is 18.2 Å². The monoisotopic (exact) mass is 253 g/mol. The molecule has 0 radical (unpaired) electrons. The Hall–Kier alpha value is -1.13. The SMILES string of the molecule is CCCN(CCO)CC1Cc2cc(F)ccc2O1. The predicted molar refractivity (Wildman–Crippen MR) is 68.3 cm³/mol. The van der Waals surface area contributed by atoms with Crippen molar-refractivity contribution < 1.29 is 14.2 Å². The lowest BCUT2D eigenvalue weighted by Crippen LogP contribution is -2.37. The fraction of sp³-hybridized carbons (Fsp3) is 0.571. The first-order chi connectivity index (χ1) is 8.72. The van der Waals surface area contributed by atoms with Crippen LogP contribution in [0.4, 0.5) is 4.39 Å². The van der Waals surface area contributed by atoms with Gasteiger partial charge in [-0.05, 0) is 31.2 Å². The van der Waals surface area contributed by atoms with Gasteiger partial charge in [0, 0.05) is 25.1 Å². The molecule has 3 nitrogen and oxygen atoms in total. The number of hydrogen-bond acceptors (Lipinski definition) is 3. The van der Waals surface area contributed by atoms with Crippen LogP contribution in [0.1, 0.15) is 18.9 Å². The minimum absolute atomic E-state index is 0.0694. The minimum Gasteiger partial charge on any atom is -0.488 e. The lowest BCUT2D eigenvalue weighted by Gasteiger charge is -2.23. The van der Waals surface area contributed by atoms with E-state index >= 15 is 0 Å². The highest BCUT2D eigenvalue weighted by molar-refractivity contribution is 5.37. The molecule has 1 aliphatic heterocycles. The molecule has 1 aromatic carbocycles. The van der Waals surface area contributed by atoms with Crippen LogP contribution in [0.3, 0.4) is 0 Å². The number of halogens is 1. The molecule has 0 fully saturated rings. The minimum atomic E-state index is -0.209. The number of hydrogen-bond donors (Lipinski definition) is 1. The van der Waals surface area contributed by atoms with E-state index in [4.69, 9.17) is 9.84 Å². The van der Waals surface area contributed by atoms with E-state index in [9.17, 15) is 4.39 Å². The van der Waals surface area contributed by atoms with Crippen molar-refractivity contribution in [2.24, 2.45) is 0 Å². The second kappa shape index (κ2) is 6.16. The smallest absolute Gasteiger partial charge is 0.123 e. The van der Waals surface area contributed by atoms with Crippen LogP contribution in [0.25, 0.3) is 0 Å². The first kappa shape index (κ1) is 13.3. The third-order valence-electron chi connectivity index (χ3n) is 3.18. The normalized spacial score (nSPS) is 17.9. The van der Waals surface area contributed by atoms with Crippen LogP contribution in [-0.4, -0.2) is 42.4 Å². The van der Waals surface area contributed by atoms with E-state index in [1.807, 2.05) is 0 Å². The highest BCUT2D eigenvalue weighted by atomic mass is 19.1. The van der Waals surface area contributed by atoms with E-state index in [1.165, 1.54) is 6.07 Å². The number of aliphatic hydroxyl groups excluding tert-OH is 1. The van der Waals surface area contributed by atoms with Crippen molar-refractivity contribution in [2.75, 3.05) is 26.2 Å². The van der Waals surface area contributed by atoms with E-state index in [2.05, 4.69) is 11.8 Å². The van der Waals surface area contributed by atoms with Gasteiger partial charge in [-0.1, -0.05) is 6.92 Å². The lowest BCUT2D eigenvalue weighted by molar-refractivity contribution is 0.129. The molecule has 0 amide bonds. The van der Waals surface area contributed by atoms with Gasteiger partial charge in [-0.15, -0.1) is 0 Å². The molecule has 1 aliphatic rings. The molecule has 1 atom stereocenters. The molecule has 1 heterocycles. The Morgan fingerprint density at radius 1 is 1.44 bits per heavy atom.